The lowest BCUT2D eigenvalue weighted by Crippen LogP contribution is -2.20. The van der Waals surface area contributed by atoms with E-state index in [-0.39, 0.29) is 0 Å². The van der Waals surface area contributed by atoms with Crippen molar-refractivity contribution in [2.75, 3.05) is 13.2 Å². The van der Waals surface area contributed by atoms with Crippen LogP contribution >= 0.6 is 0 Å². The van der Waals surface area contributed by atoms with Crippen LogP contribution < -0.4 is 10.2 Å². The van der Waals surface area contributed by atoms with Crippen molar-refractivity contribution in [3.05, 3.63) is 47.2 Å². The van der Waals surface area contributed by atoms with E-state index in [0.717, 1.165) is 29.0 Å². The molecule has 0 spiro atoms. The van der Waals surface area contributed by atoms with E-state index < -0.39 is 0 Å². The summed E-state index contributed by atoms with van der Waals surface area (Å²) in [7, 11) is 0. The number of nitrogens with one attached hydrogen (secondary N) is 1. The molecule has 4 nitrogen and oxygen atoms in total. The van der Waals surface area contributed by atoms with Crippen molar-refractivity contribution >= 4 is 11.5 Å². The number of hydrogen-bond acceptors (Lipinski definition) is 4. The fourth-order valence-electron chi connectivity index (χ4n) is 2.40. The van der Waals surface area contributed by atoms with Crippen LogP contribution in [0.1, 0.15) is 5.56 Å². The molecule has 0 amide bonds. The van der Waals surface area contributed by atoms with Gasteiger partial charge in [-0.15, -0.1) is 5.10 Å². The highest BCUT2D eigenvalue weighted by molar-refractivity contribution is 6.08. The first-order chi connectivity index (χ1) is 8.43. The Morgan fingerprint density at radius 2 is 2.18 bits per heavy atom. The third-order valence-corrected chi connectivity index (χ3v) is 3.17. The Hall–Kier alpha value is -2.23. The minimum absolute atomic E-state index is 0.559. The first-order valence-corrected chi connectivity index (χ1v) is 5.56. The van der Waals surface area contributed by atoms with Gasteiger partial charge >= 0.3 is 0 Å². The van der Waals surface area contributed by atoms with Gasteiger partial charge in [0.1, 0.15) is 18.6 Å². The molecule has 4 rings (SSSR count). The Labute approximate surface area is 98.2 Å². The third kappa shape index (κ3) is 1.15. The number of nitrogens with zero attached hydrogens (tertiary/aromatic N) is 1. The zero-order valence-corrected chi connectivity index (χ0v) is 9.06. The van der Waals surface area contributed by atoms with Gasteiger partial charge in [-0.1, -0.05) is 18.2 Å². The Kier molecular flexibility index (Phi) is 1.63. The minimum atomic E-state index is 0.559. The molecule has 0 radical (unpaired) electrons. The van der Waals surface area contributed by atoms with Crippen LogP contribution in [0.15, 0.2) is 46.8 Å². The molecule has 1 N–H and O–H groups in total. The van der Waals surface area contributed by atoms with E-state index in [1.54, 1.807) is 6.26 Å². The van der Waals surface area contributed by atoms with Crippen molar-refractivity contribution in [2.24, 2.45) is 5.10 Å². The average Bonchev–Trinajstić information content (AvgIpc) is 2.86. The zero-order chi connectivity index (χ0) is 11.2. The number of hydrogen-bond donors (Lipinski definition) is 1. The number of ether oxygens (including phenoxy) is 2. The Bertz CT molecular complexity index is 599. The maximum atomic E-state index is 5.70. The molecule has 0 aromatic heterocycles. The predicted molar refractivity (Wildman–Crippen MR) is 63.5 cm³/mol. The molecule has 3 heterocycles. The summed E-state index contributed by atoms with van der Waals surface area (Å²) in [5.41, 5.74) is 7.50. The Morgan fingerprint density at radius 3 is 3.18 bits per heavy atom. The molecule has 4 heteroatoms. The smallest absolute Gasteiger partial charge is 0.241 e. The summed E-state index contributed by atoms with van der Waals surface area (Å²) in [5, 5.41) is 4.12. The minimum Gasteiger partial charge on any atom is -0.488 e. The number of hydrazone groups is 1. The molecule has 3 aliphatic heterocycles. The second-order valence-electron chi connectivity index (χ2n) is 4.15. The molecular weight excluding hydrogens is 216 g/mol. The van der Waals surface area contributed by atoms with Crippen molar-refractivity contribution < 1.29 is 9.47 Å². The summed E-state index contributed by atoms with van der Waals surface area (Å²) in [4.78, 5) is 0. The second kappa shape index (κ2) is 3.13. The van der Waals surface area contributed by atoms with Gasteiger partial charge in [0.25, 0.3) is 0 Å². The van der Waals surface area contributed by atoms with Gasteiger partial charge < -0.3 is 14.9 Å². The lowest BCUT2D eigenvalue weighted by Gasteiger charge is -2.26. The summed E-state index contributed by atoms with van der Waals surface area (Å²) in [5.74, 6) is 1.61. The van der Waals surface area contributed by atoms with Crippen LogP contribution in [-0.2, 0) is 4.74 Å². The molecular formula is C13H10N2O2. The zero-order valence-electron chi connectivity index (χ0n) is 9.06. The Balaban J connectivity index is 2.00. The van der Waals surface area contributed by atoms with Crippen molar-refractivity contribution in [1.82, 2.24) is 5.43 Å². The van der Waals surface area contributed by atoms with Gasteiger partial charge in [-0.25, -0.2) is 0 Å². The predicted octanol–water partition coefficient (Wildman–Crippen LogP) is 1.66. The van der Waals surface area contributed by atoms with E-state index in [4.69, 9.17) is 9.47 Å². The molecule has 84 valence electrons. The van der Waals surface area contributed by atoms with Crippen LogP contribution in [0, 0.1) is 0 Å². The second-order valence-corrected chi connectivity index (χ2v) is 4.15. The first kappa shape index (κ1) is 8.87. The molecule has 1 aromatic rings. The summed E-state index contributed by atoms with van der Waals surface area (Å²) >= 11 is 0. The number of fused-ring (bicyclic) bond motifs is 4. The van der Waals surface area contributed by atoms with E-state index in [1.165, 1.54) is 5.57 Å². The first-order valence-electron chi connectivity index (χ1n) is 5.56. The van der Waals surface area contributed by atoms with Gasteiger partial charge in [-0.3, -0.25) is 0 Å². The number of rotatable bonds is 0. The summed E-state index contributed by atoms with van der Waals surface area (Å²) in [6.45, 7) is 1.28. The van der Waals surface area contributed by atoms with Gasteiger partial charge in [0, 0.05) is 22.3 Å². The molecule has 17 heavy (non-hydrogen) atoms. The highest BCUT2D eigenvalue weighted by Crippen LogP contribution is 2.40. The van der Waals surface area contributed by atoms with Crippen LogP contribution in [0.5, 0.6) is 5.75 Å². The normalized spacial score (nSPS) is 20.0. The maximum Gasteiger partial charge on any atom is 0.241 e. The molecule has 0 unspecified atom stereocenters. The lowest BCUT2D eigenvalue weighted by molar-refractivity contribution is 0.339. The van der Waals surface area contributed by atoms with E-state index >= 15 is 0 Å². The topological polar surface area (TPSA) is 42.8 Å². The molecule has 1 aromatic carbocycles. The summed E-state index contributed by atoms with van der Waals surface area (Å²) in [6.07, 6.45) is 1.74. The van der Waals surface area contributed by atoms with Crippen molar-refractivity contribution in [1.29, 1.82) is 0 Å². The van der Waals surface area contributed by atoms with Crippen molar-refractivity contribution in [2.45, 2.75) is 0 Å². The van der Waals surface area contributed by atoms with Gasteiger partial charge in [0.05, 0.1) is 6.54 Å². The number of benzene rings is 1. The third-order valence-electron chi connectivity index (χ3n) is 3.17. The van der Waals surface area contributed by atoms with Crippen LogP contribution in [0.25, 0.3) is 5.57 Å². The molecule has 0 atom stereocenters. The molecule has 0 saturated heterocycles. The molecule has 0 aliphatic carbocycles. The van der Waals surface area contributed by atoms with E-state index in [9.17, 15) is 0 Å². The summed E-state index contributed by atoms with van der Waals surface area (Å²) in [6, 6.07) is 8.08. The van der Waals surface area contributed by atoms with Crippen LogP contribution in [0.3, 0.4) is 0 Å². The fourth-order valence-corrected chi connectivity index (χ4v) is 2.40. The standard InChI is InChI=1S/C13H10N2O2/c1-2-4-11-9(3-1)12-8(6-16-11)7-17-13-10(12)5-14-15-13/h1-4,7,14H,5-6H2. The van der Waals surface area contributed by atoms with Crippen LogP contribution in [-0.4, -0.2) is 19.0 Å². The lowest BCUT2D eigenvalue weighted by atomic mass is 9.90. The highest BCUT2D eigenvalue weighted by Gasteiger charge is 2.31. The molecule has 0 fully saturated rings. The van der Waals surface area contributed by atoms with Crippen molar-refractivity contribution in [3.8, 4) is 5.75 Å². The fraction of sp³-hybridized carbons (Fsp3) is 0.154. The quantitative estimate of drug-likeness (QED) is 0.731. The Morgan fingerprint density at radius 1 is 1.24 bits per heavy atom. The van der Waals surface area contributed by atoms with Crippen molar-refractivity contribution in [3.63, 3.8) is 0 Å². The van der Waals surface area contributed by atoms with Gasteiger partial charge in [-0.2, -0.15) is 0 Å². The molecule has 3 aliphatic rings. The number of para-hydroxylation sites is 1. The average molecular weight is 226 g/mol. The van der Waals surface area contributed by atoms with Gasteiger partial charge in [0.2, 0.25) is 5.90 Å². The van der Waals surface area contributed by atoms with E-state index in [2.05, 4.69) is 16.6 Å². The summed E-state index contributed by atoms with van der Waals surface area (Å²) < 4.78 is 11.2. The molecule has 0 bridgehead atoms. The van der Waals surface area contributed by atoms with E-state index in [0.29, 0.717) is 12.5 Å². The van der Waals surface area contributed by atoms with Gasteiger partial charge in [-0.05, 0) is 6.07 Å². The monoisotopic (exact) mass is 226 g/mol. The maximum absolute atomic E-state index is 5.70. The molecule has 0 saturated carbocycles. The van der Waals surface area contributed by atoms with Crippen LogP contribution in [0.4, 0.5) is 0 Å². The van der Waals surface area contributed by atoms with Gasteiger partial charge in [0.15, 0.2) is 0 Å². The highest BCUT2D eigenvalue weighted by atomic mass is 16.5. The van der Waals surface area contributed by atoms with Crippen LogP contribution in [0.2, 0.25) is 0 Å². The van der Waals surface area contributed by atoms with E-state index in [1.807, 2.05) is 18.2 Å². The SMILES string of the molecule is C1=C2COc3ccccc3C2=C2CNN=C2O1. The largest absolute Gasteiger partial charge is 0.488 e.